The van der Waals surface area contributed by atoms with Crippen molar-refractivity contribution in [3.63, 3.8) is 0 Å². The maximum Gasteiger partial charge on any atom is 0.274 e. The molecule has 0 bridgehead atoms. The molecule has 0 saturated heterocycles. The van der Waals surface area contributed by atoms with Crippen LogP contribution in [-0.4, -0.2) is 15.3 Å². The van der Waals surface area contributed by atoms with E-state index in [1.54, 1.807) is 22.7 Å². The van der Waals surface area contributed by atoms with Crippen LogP contribution >= 0.6 is 11.6 Å². The number of nitrogens with zero attached hydrogens (tertiary/aromatic N) is 2. The summed E-state index contributed by atoms with van der Waals surface area (Å²) in [6.07, 6.45) is 5.18. The van der Waals surface area contributed by atoms with E-state index in [9.17, 15) is 4.79 Å². The third-order valence-corrected chi connectivity index (χ3v) is 4.24. The molecule has 0 aliphatic heterocycles. The van der Waals surface area contributed by atoms with Crippen molar-refractivity contribution in [1.29, 1.82) is 0 Å². The number of halogens is 1. The second kappa shape index (κ2) is 7.05. The Labute approximate surface area is 146 Å². The van der Waals surface area contributed by atoms with Crippen LogP contribution in [0.5, 0.6) is 0 Å². The molecule has 0 saturated carbocycles. The molecule has 0 spiro atoms. The summed E-state index contributed by atoms with van der Waals surface area (Å²) in [5.74, 6) is -0.177. The van der Waals surface area contributed by atoms with Gasteiger partial charge in [-0.1, -0.05) is 37.1 Å². The summed E-state index contributed by atoms with van der Waals surface area (Å²) < 4.78 is 1.76. The molecule has 0 atom stereocenters. The molecule has 5 heteroatoms. The fraction of sp³-hybridized carbons (Fsp3) is 0.263. The van der Waals surface area contributed by atoms with Crippen molar-refractivity contribution < 1.29 is 4.79 Å². The molecule has 0 radical (unpaired) electrons. The van der Waals surface area contributed by atoms with E-state index in [0.717, 1.165) is 12.1 Å². The number of aromatic nitrogens is 2. The number of carbonyl (C=O) groups is 1. The van der Waals surface area contributed by atoms with Crippen LogP contribution in [0, 0.1) is 6.92 Å². The van der Waals surface area contributed by atoms with Crippen molar-refractivity contribution in [3.8, 4) is 0 Å². The van der Waals surface area contributed by atoms with Crippen LogP contribution in [0.4, 0.5) is 5.69 Å². The minimum atomic E-state index is -0.177. The molecule has 124 valence electrons. The number of nitrogens with one attached hydrogen (secondary N) is 1. The Kier molecular flexibility index (Phi) is 4.86. The van der Waals surface area contributed by atoms with Crippen LogP contribution < -0.4 is 5.32 Å². The molecule has 4 nitrogen and oxygen atoms in total. The lowest BCUT2D eigenvalue weighted by Crippen LogP contribution is -2.15. The number of hydrogen-bond donors (Lipinski definition) is 1. The van der Waals surface area contributed by atoms with E-state index in [1.165, 1.54) is 18.4 Å². The van der Waals surface area contributed by atoms with E-state index >= 15 is 0 Å². The van der Waals surface area contributed by atoms with Gasteiger partial charge in [0.2, 0.25) is 0 Å². The van der Waals surface area contributed by atoms with Crippen LogP contribution in [0.25, 0.3) is 5.65 Å². The first kappa shape index (κ1) is 16.5. The Morgan fingerprint density at radius 3 is 2.71 bits per heavy atom. The van der Waals surface area contributed by atoms with Gasteiger partial charge in [-0.3, -0.25) is 9.20 Å². The quantitative estimate of drug-likeness (QED) is 0.718. The van der Waals surface area contributed by atoms with Gasteiger partial charge in [0.15, 0.2) is 0 Å². The Hall–Kier alpha value is -2.33. The maximum atomic E-state index is 12.6. The topological polar surface area (TPSA) is 46.4 Å². The number of pyridine rings is 1. The third kappa shape index (κ3) is 3.44. The Morgan fingerprint density at radius 2 is 2.00 bits per heavy atom. The maximum absolute atomic E-state index is 12.6. The molecule has 2 heterocycles. The smallest absolute Gasteiger partial charge is 0.274 e. The molecule has 1 N–H and O–H groups in total. The van der Waals surface area contributed by atoms with Gasteiger partial charge < -0.3 is 5.32 Å². The van der Waals surface area contributed by atoms with Crippen molar-refractivity contribution in [3.05, 3.63) is 64.6 Å². The number of benzene rings is 1. The fourth-order valence-corrected chi connectivity index (χ4v) is 2.89. The van der Waals surface area contributed by atoms with Gasteiger partial charge in [0, 0.05) is 23.0 Å². The molecule has 1 aromatic carbocycles. The number of fused-ring (bicyclic) bond motifs is 1. The SMILES string of the molecule is CCCCc1ccc(NC(=O)c2c(C)nc3cc(Cl)ccn23)cc1. The van der Waals surface area contributed by atoms with Gasteiger partial charge in [0.05, 0.1) is 5.69 Å². The number of hydrogen-bond acceptors (Lipinski definition) is 2. The molecular formula is C19H20ClN3O. The van der Waals surface area contributed by atoms with Gasteiger partial charge in [-0.15, -0.1) is 0 Å². The summed E-state index contributed by atoms with van der Waals surface area (Å²) in [6.45, 7) is 4.00. The monoisotopic (exact) mass is 341 g/mol. The summed E-state index contributed by atoms with van der Waals surface area (Å²) in [5, 5.41) is 3.54. The highest BCUT2D eigenvalue weighted by Gasteiger charge is 2.16. The van der Waals surface area contributed by atoms with Gasteiger partial charge in [-0.25, -0.2) is 4.98 Å². The second-order valence-corrected chi connectivity index (χ2v) is 6.31. The summed E-state index contributed by atoms with van der Waals surface area (Å²) in [6, 6.07) is 11.5. The standard InChI is InChI=1S/C19H20ClN3O/c1-3-4-5-14-6-8-16(9-7-14)22-19(24)18-13(2)21-17-12-15(20)10-11-23(17)18/h6-12H,3-5H2,1-2H3,(H,22,24). The number of amides is 1. The lowest BCUT2D eigenvalue weighted by molar-refractivity contribution is 0.102. The zero-order valence-corrected chi connectivity index (χ0v) is 14.6. The molecule has 0 aliphatic carbocycles. The van der Waals surface area contributed by atoms with Gasteiger partial charge in [-0.05, 0) is 43.5 Å². The first-order valence-electron chi connectivity index (χ1n) is 8.13. The zero-order valence-electron chi connectivity index (χ0n) is 13.8. The Balaban J connectivity index is 1.81. The average molecular weight is 342 g/mol. The van der Waals surface area contributed by atoms with Gasteiger partial charge >= 0.3 is 0 Å². The summed E-state index contributed by atoms with van der Waals surface area (Å²) in [7, 11) is 0. The van der Waals surface area contributed by atoms with Crippen molar-refractivity contribution in [1.82, 2.24) is 9.38 Å². The van der Waals surface area contributed by atoms with E-state index in [-0.39, 0.29) is 5.91 Å². The highest BCUT2D eigenvalue weighted by atomic mass is 35.5. The number of unbranched alkanes of at least 4 members (excludes halogenated alkanes) is 1. The van der Waals surface area contributed by atoms with Gasteiger partial charge in [-0.2, -0.15) is 0 Å². The lowest BCUT2D eigenvalue weighted by atomic mass is 10.1. The largest absolute Gasteiger partial charge is 0.321 e. The van der Waals surface area contributed by atoms with E-state index in [0.29, 0.717) is 22.1 Å². The molecule has 0 aliphatic rings. The zero-order chi connectivity index (χ0) is 17.1. The summed E-state index contributed by atoms with van der Waals surface area (Å²) in [5.41, 5.74) is 3.94. The molecule has 24 heavy (non-hydrogen) atoms. The molecule has 3 rings (SSSR count). The van der Waals surface area contributed by atoms with Crippen LogP contribution in [0.1, 0.15) is 41.5 Å². The van der Waals surface area contributed by atoms with Crippen LogP contribution in [0.3, 0.4) is 0 Å². The van der Waals surface area contributed by atoms with Crippen LogP contribution in [0.2, 0.25) is 5.02 Å². The predicted octanol–water partition coefficient (Wildman–Crippen LogP) is 4.89. The number of imidazole rings is 1. The number of carbonyl (C=O) groups excluding carboxylic acids is 1. The summed E-state index contributed by atoms with van der Waals surface area (Å²) >= 11 is 5.99. The van der Waals surface area contributed by atoms with Gasteiger partial charge in [0.1, 0.15) is 11.3 Å². The molecule has 0 unspecified atom stereocenters. The Morgan fingerprint density at radius 1 is 1.25 bits per heavy atom. The molecular weight excluding hydrogens is 322 g/mol. The number of anilines is 1. The van der Waals surface area contributed by atoms with Crippen molar-refractivity contribution in [2.75, 3.05) is 5.32 Å². The van der Waals surface area contributed by atoms with E-state index < -0.39 is 0 Å². The number of aryl methyl sites for hydroxylation is 2. The van der Waals surface area contributed by atoms with E-state index in [4.69, 9.17) is 11.6 Å². The molecule has 0 fully saturated rings. The lowest BCUT2D eigenvalue weighted by Gasteiger charge is -2.07. The highest BCUT2D eigenvalue weighted by molar-refractivity contribution is 6.30. The fourth-order valence-electron chi connectivity index (χ4n) is 2.74. The van der Waals surface area contributed by atoms with E-state index in [2.05, 4.69) is 29.4 Å². The molecule has 3 aromatic rings. The minimum absolute atomic E-state index is 0.177. The van der Waals surface area contributed by atoms with Gasteiger partial charge in [0.25, 0.3) is 5.91 Å². The highest BCUT2D eigenvalue weighted by Crippen LogP contribution is 2.18. The van der Waals surface area contributed by atoms with Crippen molar-refractivity contribution in [2.24, 2.45) is 0 Å². The van der Waals surface area contributed by atoms with Crippen LogP contribution in [0.15, 0.2) is 42.6 Å². The molecule has 2 aromatic heterocycles. The first-order chi connectivity index (χ1) is 11.6. The van der Waals surface area contributed by atoms with E-state index in [1.807, 2.05) is 19.1 Å². The first-order valence-corrected chi connectivity index (χ1v) is 8.51. The third-order valence-electron chi connectivity index (χ3n) is 4.01. The minimum Gasteiger partial charge on any atom is -0.321 e. The number of rotatable bonds is 5. The summed E-state index contributed by atoms with van der Waals surface area (Å²) in [4.78, 5) is 17.0. The van der Waals surface area contributed by atoms with Crippen LogP contribution in [-0.2, 0) is 6.42 Å². The van der Waals surface area contributed by atoms with Crippen molar-refractivity contribution in [2.45, 2.75) is 33.1 Å². The molecule has 1 amide bonds. The average Bonchev–Trinajstić information content (AvgIpc) is 2.89. The van der Waals surface area contributed by atoms with Crippen molar-refractivity contribution >= 4 is 28.8 Å². The second-order valence-electron chi connectivity index (χ2n) is 5.87. The Bertz CT molecular complexity index is 868. The normalized spacial score (nSPS) is 11.0. The predicted molar refractivity (Wildman–Crippen MR) is 97.9 cm³/mol.